The van der Waals surface area contributed by atoms with Crippen molar-refractivity contribution in [3.05, 3.63) is 11.7 Å². The number of aryl methyl sites for hydroxylation is 1. The molecule has 0 amide bonds. The molecule has 124 valence electrons. The van der Waals surface area contributed by atoms with E-state index in [1.165, 1.54) is 19.3 Å². The molecule has 3 rings (SSSR count). The van der Waals surface area contributed by atoms with Crippen LogP contribution in [0.3, 0.4) is 0 Å². The summed E-state index contributed by atoms with van der Waals surface area (Å²) >= 11 is 0. The van der Waals surface area contributed by atoms with Crippen LogP contribution < -0.4 is 0 Å². The molecule has 0 radical (unpaired) electrons. The summed E-state index contributed by atoms with van der Waals surface area (Å²) < 4.78 is 5.03. The Labute approximate surface area is 132 Å². The van der Waals surface area contributed by atoms with E-state index in [2.05, 4.69) is 27.0 Å². The van der Waals surface area contributed by atoms with E-state index in [9.17, 15) is 5.11 Å². The van der Waals surface area contributed by atoms with Gasteiger partial charge in [0.1, 0.15) is 0 Å². The molecule has 22 heavy (non-hydrogen) atoms. The van der Waals surface area contributed by atoms with Crippen molar-refractivity contribution in [2.24, 2.45) is 0 Å². The molecule has 0 spiro atoms. The standard InChI is InChI=1S/C16H28N4O2/c1-13-17-15(18-22-13)11-19(2)14-6-9-20(10-14)12-16(21)7-4-3-5-8-16/h14,21H,3-12H2,1-2H3/t14-/m1/s1. The number of nitrogens with zero attached hydrogens (tertiary/aromatic N) is 4. The Morgan fingerprint density at radius 1 is 1.36 bits per heavy atom. The molecule has 1 atom stereocenters. The minimum atomic E-state index is -0.448. The molecule has 1 saturated carbocycles. The Hall–Kier alpha value is -0.980. The highest BCUT2D eigenvalue weighted by atomic mass is 16.5. The lowest BCUT2D eigenvalue weighted by Crippen LogP contribution is -2.44. The van der Waals surface area contributed by atoms with E-state index < -0.39 is 5.60 Å². The molecule has 1 aromatic heterocycles. The maximum Gasteiger partial charge on any atom is 0.223 e. The lowest BCUT2D eigenvalue weighted by molar-refractivity contribution is -0.0225. The topological polar surface area (TPSA) is 65.6 Å². The third-order valence-corrected chi connectivity index (χ3v) is 5.13. The van der Waals surface area contributed by atoms with E-state index in [4.69, 9.17) is 4.52 Å². The fraction of sp³-hybridized carbons (Fsp3) is 0.875. The first-order valence-corrected chi connectivity index (χ1v) is 8.48. The third-order valence-electron chi connectivity index (χ3n) is 5.13. The van der Waals surface area contributed by atoms with Gasteiger partial charge in [0.15, 0.2) is 5.82 Å². The number of β-amino-alcohol motifs (C(OH)–C–C–N with tert-alkyl or cyclic N) is 1. The van der Waals surface area contributed by atoms with Crippen molar-refractivity contribution in [1.29, 1.82) is 0 Å². The molecule has 0 aromatic carbocycles. The highest BCUT2D eigenvalue weighted by Crippen LogP contribution is 2.30. The zero-order valence-electron chi connectivity index (χ0n) is 13.8. The van der Waals surface area contributed by atoms with Gasteiger partial charge in [-0.15, -0.1) is 0 Å². The molecule has 2 heterocycles. The van der Waals surface area contributed by atoms with Crippen LogP contribution in [0.2, 0.25) is 0 Å². The molecule has 6 heteroatoms. The van der Waals surface area contributed by atoms with Crippen LogP contribution in [0.5, 0.6) is 0 Å². The van der Waals surface area contributed by atoms with Crippen LogP contribution in [0, 0.1) is 6.92 Å². The van der Waals surface area contributed by atoms with Gasteiger partial charge >= 0.3 is 0 Å². The van der Waals surface area contributed by atoms with Crippen LogP contribution in [-0.4, -0.2) is 63.4 Å². The minimum absolute atomic E-state index is 0.448. The van der Waals surface area contributed by atoms with Gasteiger partial charge in [-0.25, -0.2) is 0 Å². The van der Waals surface area contributed by atoms with Crippen molar-refractivity contribution < 1.29 is 9.63 Å². The second-order valence-electron chi connectivity index (χ2n) is 7.11. The van der Waals surface area contributed by atoms with Crippen molar-refractivity contribution in [1.82, 2.24) is 19.9 Å². The molecule has 0 unspecified atom stereocenters. The zero-order valence-corrected chi connectivity index (χ0v) is 13.8. The van der Waals surface area contributed by atoms with E-state index in [1.807, 2.05) is 6.92 Å². The highest BCUT2D eigenvalue weighted by Gasteiger charge is 2.35. The summed E-state index contributed by atoms with van der Waals surface area (Å²) in [6, 6.07) is 0.506. The zero-order chi connectivity index (χ0) is 15.6. The van der Waals surface area contributed by atoms with Crippen molar-refractivity contribution in [3.63, 3.8) is 0 Å². The lowest BCUT2D eigenvalue weighted by Gasteiger charge is -2.35. The van der Waals surface area contributed by atoms with Gasteiger partial charge in [-0.2, -0.15) is 4.98 Å². The first kappa shape index (κ1) is 15.9. The molecule has 1 aliphatic heterocycles. The molecule has 2 aliphatic rings. The summed E-state index contributed by atoms with van der Waals surface area (Å²) in [4.78, 5) is 9.00. The fourth-order valence-corrected chi connectivity index (χ4v) is 3.86. The van der Waals surface area contributed by atoms with Crippen molar-refractivity contribution in [3.8, 4) is 0 Å². The van der Waals surface area contributed by atoms with Crippen LogP contribution in [-0.2, 0) is 6.54 Å². The van der Waals surface area contributed by atoms with E-state index >= 15 is 0 Å². The Morgan fingerprint density at radius 2 is 2.14 bits per heavy atom. The Bertz CT molecular complexity index is 484. The number of hydrogen-bond donors (Lipinski definition) is 1. The first-order chi connectivity index (χ1) is 10.5. The lowest BCUT2D eigenvalue weighted by atomic mass is 9.84. The van der Waals surface area contributed by atoms with E-state index in [-0.39, 0.29) is 0 Å². The Balaban J connectivity index is 1.49. The summed E-state index contributed by atoms with van der Waals surface area (Å²) in [5.74, 6) is 1.38. The van der Waals surface area contributed by atoms with Gasteiger partial charge in [0.2, 0.25) is 5.89 Å². The molecule has 1 aliphatic carbocycles. The van der Waals surface area contributed by atoms with Gasteiger partial charge in [0, 0.05) is 26.1 Å². The van der Waals surface area contributed by atoms with E-state index in [0.717, 1.165) is 51.3 Å². The van der Waals surface area contributed by atoms with Crippen LogP contribution in [0.15, 0.2) is 4.52 Å². The number of rotatable bonds is 5. The quantitative estimate of drug-likeness (QED) is 0.891. The summed E-state index contributed by atoms with van der Waals surface area (Å²) in [5.41, 5.74) is -0.448. The molecule has 6 nitrogen and oxygen atoms in total. The highest BCUT2D eigenvalue weighted by molar-refractivity contribution is 4.92. The first-order valence-electron chi connectivity index (χ1n) is 8.48. The molecule has 1 saturated heterocycles. The van der Waals surface area contributed by atoms with Crippen LogP contribution >= 0.6 is 0 Å². The van der Waals surface area contributed by atoms with Crippen molar-refractivity contribution >= 4 is 0 Å². The van der Waals surface area contributed by atoms with Crippen LogP contribution in [0.1, 0.15) is 50.2 Å². The van der Waals surface area contributed by atoms with Gasteiger partial charge in [0.25, 0.3) is 0 Å². The van der Waals surface area contributed by atoms with Gasteiger partial charge < -0.3 is 9.63 Å². The maximum atomic E-state index is 10.7. The largest absolute Gasteiger partial charge is 0.389 e. The van der Waals surface area contributed by atoms with Gasteiger partial charge in [0.05, 0.1) is 12.1 Å². The number of aliphatic hydroxyl groups is 1. The van der Waals surface area contributed by atoms with Gasteiger partial charge in [-0.05, 0) is 32.9 Å². The maximum absolute atomic E-state index is 10.7. The minimum Gasteiger partial charge on any atom is -0.389 e. The second-order valence-corrected chi connectivity index (χ2v) is 7.11. The molecule has 1 aromatic rings. The Morgan fingerprint density at radius 3 is 2.82 bits per heavy atom. The fourth-order valence-electron chi connectivity index (χ4n) is 3.86. The predicted molar refractivity (Wildman–Crippen MR) is 83.4 cm³/mol. The molecule has 2 fully saturated rings. The second kappa shape index (κ2) is 6.64. The average molecular weight is 308 g/mol. The summed E-state index contributed by atoms with van der Waals surface area (Å²) in [5, 5.41) is 14.7. The van der Waals surface area contributed by atoms with Crippen LogP contribution in [0.4, 0.5) is 0 Å². The summed E-state index contributed by atoms with van der Waals surface area (Å²) in [6.45, 7) is 5.47. The SMILES string of the molecule is Cc1nc(CN(C)[C@@H]2CCN(CC3(O)CCCCC3)C2)no1. The van der Waals surface area contributed by atoms with Gasteiger partial charge in [-0.3, -0.25) is 9.80 Å². The number of hydrogen-bond acceptors (Lipinski definition) is 6. The van der Waals surface area contributed by atoms with Gasteiger partial charge in [-0.1, -0.05) is 24.4 Å². The number of aromatic nitrogens is 2. The predicted octanol–water partition coefficient (Wildman–Crippen LogP) is 1.58. The smallest absolute Gasteiger partial charge is 0.223 e. The van der Waals surface area contributed by atoms with E-state index in [1.54, 1.807) is 0 Å². The Kier molecular flexibility index (Phi) is 4.80. The summed E-state index contributed by atoms with van der Waals surface area (Å²) in [6.07, 6.45) is 6.69. The van der Waals surface area contributed by atoms with E-state index in [0.29, 0.717) is 11.9 Å². The molecular weight excluding hydrogens is 280 g/mol. The molecule has 0 bridgehead atoms. The number of likely N-dealkylation sites (N-methyl/N-ethyl adjacent to an activating group) is 1. The number of likely N-dealkylation sites (tertiary alicyclic amines) is 1. The van der Waals surface area contributed by atoms with Crippen molar-refractivity contribution in [2.45, 2.75) is 63.6 Å². The average Bonchev–Trinajstić information content (AvgIpc) is 3.08. The summed E-state index contributed by atoms with van der Waals surface area (Å²) in [7, 11) is 2.12. The van der Waals surface area contributed by atoms with Crippen molar-refractivity contribution in [2.75, 3.05) is 26.7 Å². The molecular formula is C16H28N4O2. The third kappa shape index (κ3) is 3.86. The normalized spacial score (nSPS) is 25.9. The molecule has 1 N–H and O–H groups in total. The van der Waals surface area contributed by atoms with Crippen LogP contribution in [0.25, 0.3) is 0 Å². The monoisotopic (exact) mass is 308 g/mol.